The van der Waals surface area contributed by atoms with E-state index in [4.69, 9.17) is 4.98 Å². The third kappa shape index (κ3) is 5.03. The summed E-state index contributed by atoms with van der Waals surface area (Å²) in [5, 5.41) is 12.8. The number of rotatable bonds is 7. The molecule has 0 aliphatic carbocycles. The molecule has 0 aliphatic rings. The van der Waals surface area contributed by atoms with Crippen LogP contribution < -0.4 is 14.8 Å². The highest BCUT2D eigenvalue weighted by Gasteiger charge is 2.22. The van der Waals surface area contributed by atoms with Crippen molar-refractivity contribution in [3.05, 3.63) is 82.9 Å². The van der Waals surface area contributed by atoms with Gasteiger partial charge in [-0.25, -0.2) is 22.9 Å². The Labute approximate surface area is 210 Å². The highest BCUT2D eigenvalue weighted by molar-refractivity contribution is 7.90. The van der Waals surface area contributed by atoms with E-state index in [0.29, 0.717) is 17.8 Å². The van der Waals surface area contributed by atoms with E-state index < -0.39 is 16.1 Å². The van der Waals surface area contributed by atoms with Crippen molar-refractivity contribution in [2.24, 2.45) is 0 Å². The van der Waals surface area contributed by atoms with Gasteiger partial charge < -0.3 is 5.32 Å². The van der Waals surface area contributed by atoms with Crippen LogP contribution >= 0.6 is 0 Å². The lowest BCUT2D eigenvalue weighted by molar-refractivity contribution is -0.911. The Morgan fingerprint density at radius 1 is 1.06 bits per heavy atom. The van der Waals surface area contributed by atoms with E-state index in [2.05, 4.69) is 9.88 Å². The first-order valence-electron chi connectivity index (χ1n) is 11.7. The minimum atomic E-state index is -3.92. The third-order valence-electron chi connectivity index (χ3n) is 6.09. The number of nitrogens with one attached hydrogen (secondary N) is 2. The molecule has 4 rings (SSSR count). The van der Waals surface area contributed by atoms with Gasteiger partial charge in [-0.3, -0.25) is 9.77 Å². The molecular formula is C26H30N5O4S+. The number of pyridine rings is 1. The number of carbonyl (C=O) groups is 1. The van der Waals surface area contributed by atoms with Crippen molar-refractivity contribution in [1.29, 1.82) is 0 Å². The SMILES string of the molecule is CCc1nc2c(C)[n+](O)c(C)cc2n1-c1ccc(CCNC(=O)NS(=O)(=O)c2ccc(C)cc2)cc1. The molecule has 2 aromatic carbocycles. The number of hydrogen-bond donors (Lipinski definition) is 3. The number of aromatic nitrogens is 3. The van der Waals surface area contributed by atoms with Gasteiger partial charge in [0.25, 0.3) is 15.7 Å². The Morgan fingerprint density at radius 3 is 2.36 bits per heavy atom. The first kappa shape index (κ1) is 25.2. The summed E-state index contributed by atoms with van der Waals surface area (Å²) >= 11 is 0. The lowest BCUT2D eigenvalue weighted by Gasteiger charge is -2.11. The second kappa shape index (κ2) is 9.98. The van der Waals surface area contributed by atoms with Crippen molar-refractivity contribution in [2.45, 2.75) is 45.4 Å². The predicted octanol–water partition coefficient (Wildman–Crippen LogP) is 3.27. The Balaban J connectivity index is 1.43. The van der Waals surface area contributed by atoms with Crippen molar-refractivity contribution in [2.75, 3.05) is 6.54 Å². The molecule has 0 atom stereocenters. The summed E-state index contributed by atoms with van der Waals surface area (Å²) in [6.07, 6.45) is 1.26. The van der Waals surface area contributed by atoms with Gasteiger partial charge in [-0.1, -0.05) is 36.8 Å². The second-order valence-electron chi connectivity index (χ2n) is 8.72. The zero-order valence-corrected chi connectivity index (χ0v) is 21.6. The van der Waals surface area contributed by atoms with Gasteiger partial charge in [-0.15, -0.1) is 0 Å². The summed E-state index contributed by atoms with van der Waals surface area (Å²) < 4.78 is 30.0. The number of urea groups is 1. The van der Waals surface area contributed by atoms with Gasteiger partial charge in [0.05, 0.1) is 10.4 Å². The van der Waals surface area contributed by atoms with Crippen molar-refractivity contribution in [3.63, 3.8) is 0 Å². The van der Waals surface area contributed by atoms with E-state index >= 15 is 0 Å². The van der Waals surface area contributed by atoms with Gasteiger partial charge in [-0.05, 0) is 43.2 Å². The Morgan fingerprint density at radius 2 is 1.72 bits per heavy atom. The Kier molecular flexibility index (Phi) is 6.98. The smallest absolute Gasteiger partial charge is 0.328 e. The lowest BCUT2D eigenvalue weighted by atomic mass is 10.1. The monoisotopic (exact) mass is 508 g/mol. The van der Waals surface area contributed by atoms with E-state index in [1.165, 1.54) is 12.1 Å². The number of aryl methyl sites for hydroxylation is 4. The van der Waals surface area contributed by atoms with E-state index in [1.54, 1.807) is 12.1 Å². The fourth-order valence-electron chi connectivity index (χ4n) is 4.10. The molecule has 2 aromatic heterocycles. The summed E-state index contributed by atoms with van der Waals surface area (Å²) in [5.74, 6) is 0.888. The van der Waals surface area contributed by atoms with Crippen LogP contribution in [-0.2, 0) is 22.9 Å². The van der Waals surface area contributed by atoms with E-state index in [-0.39, 0.29) is 11.4 Å². The number of sulfonamides is 1. The third-order valence-corrected chi connectivity index (χ3v) is 7.44. The number of benzene rings is 2. The highest BCUT2D eigenvalue weighted by atomic mass is 32.2. The van der Waals surface area contributed by atoms with Crippen LogP contribution in [0, 0.1) is 20.8 Å². The largest absolute Gasteiger partial charge is 0.337 e. The fourth-order valence-corrected chi connectivity index (χ4v) is 5.02. The number of nitrogens with zero attached hydrogens (tertiary/aromatic N) is 3. The fraction of sp³-hybridized carbons (Fsp3) is 0.269. The van der Waals surface area contributed by atoms with Crippen molar-refractivity contribution in [3.8, 4) is 5.69 Å². The van der Waals surface area contributed by atoms with Crippen LogP contribution in [0.5, 0.6) is 0 Å². The number of hydrogen-bond acceptors (Lipinski definition) is 5. The van der Waals surface area contributed by atoms with Crippen LogP contribution in [0.3, 0.4) is 0 Å². The molecule has 0 saturated carbocycles. The zero-order chi connectivity index (χ0) is 26.0. The molecule has 0 aliphatic heterocycles. The molecule has 0 bridgehead atoms. The van der Waals surface area contributed by atoms with Gasteiger partial charge in [0.2, 0.25) is 5.69 Å². The van der Waals surface area contributed by atoms with E-state index in [9.17, 15) is 18.4 Å². The van der Waals surface area contributed by atoms with Gasteiger partial charge in [0.15, 0.2) is 5.52 Å². The minimum Gasteiger partial charge on any atom is -0.337 e. The number of imidazole rings is 1. The van der Waals surface area contributed by atoms with Crippen LogP contribution in [0.1, 0.15) is 35.3 Å². The summed E-state index contributed by atoms with van der Waals surface area (Å²) in [4.78, 5) is 16.9. The van der Waals surface area contributed by atoms with Crippen molar-refractivity contribution >= 4 is 27.1 Å². The molecule has 2 heterocycles. The topological polar surface area (TPSA) is 117 Å². The van der Waals surface area contributed by atoms with E-state index in [0.717, 1.165) is 44.8 Å². The van der Waals surface area contributed by atoms with E-state index in [1.807, 2.05) is 62.7 Å². The maximum atomic E-state index is 12.3. The Hall–Kier alpha value is -3.92. The van der Waals surface area contributed by atoms with Crippen LogP contribution in [0.15, 0.2) is 59.5 Å². The molecule has 3 N–H and O–H groups in total. The Bertz CT molecular complexity index is 1530. The molecular weight excluding hydrogens is 478 g/mol. The first-order valence-corrected chi connectivity index (χ1v) is 13.2. The average molecular weight is 509 g/mol. The summed E-state index contributed by atoms with van der Waals surface area (Å²) in [5.41, 5.74) is 5.94. The van der Waals surface area contributed by atoms with Crippen molar-refractivity contribution < 1.29 is 23.1 Å². The van der Waals surface area contributed by atoms with Gasteiger partial charge in [0.1, 0.15) is 5.82 Å². The van der Waals surface area contributed by atoms with Crippen molar-refractivity contribution in [1.82, 2.24) is 19.6 Å². The predicted molar refractivity (Wildman–Crippen MR) is 136 cm³/mol. The number of fused-ring (bicyclic) bond motifs is 1. The van der Waals surface area contributed by atoms with Gasteiger partial charge in [-0.2, -0.15) is 0 Å². The molecule has 0 spiro atoms. The summed E-state index contributed by atoms with van der Waals surface area (Å²) in [7, 11) is -3.92. The average Bonchev–Trinajstić information content (AvgIpc) is 3.21. The standard InChI is InChI=1S/C26H29N5O4S/c1-5-24-28-25-19(4)31(33)18(3)16-23(25)30(24)21-10-8-20(9-11-21)14-15-27-26(32)29-36(34,35)22-12-6-17(2)7-13-22/h6-13,16H,5,14-15H2,1-4H3,(H2-,27,29,32,33)/p+1. The maximum Gasteiger partial charge on any atom is 0.328 e. The quantitative estimate of drug-likeness (QED) is 0.262. The first-order chi connectivity index (χ1) is 17.1. The molecule has 10 heteroatoms. The molecule has 4 aromatic rings. The number of amides is 2. The molecule has 0 fully saturated rings. The molecule has 188 valence electrons. The lowest BCUT2D eigenvalue weighted by Crippen LogP contribution is -2.40. The number of carbonyl (C=O) groups excluding carboxylic acids is 1. The van der Waals surface area contributed by atoms with Crippen LogP contribution in [-0.4, -0.2) is 35.8 Å². The summed E-state index contributed by atoms with van der Waals surface area (Å²) in [6.45, 7) is 7.85. The highest BCUT2D eigenvalue weighted by Crippen LogP contribution is 2.24. The second-order valence-corrected chi connectivity index (χ2v) is 10.4. The summed E-state index contributed by atoms with van der Waals surface area (Å²) in [6, 6.07) is 15.3. The molecule has 0 radical (unpaired) electrons. The molecule has 36 heavy (non-hydrogen) atoms. The molecule has 0 saturated heterocycles. The maximum absolute atomic E-state index is 12.3. The van der Waals surface area contributed by atoms with Crippen LogP contribution in [0.2, 0.25) is 0 Å². The molecule has 2 amide bonds. The van der Waals surface area contributed by atoms with Gasteiger partial charge >= 0.3 is 6.03 Å². The zero-order valence-electron chi connectivity index (χ0n) is 20.7. The normalized spacial score (nSPS) is 11.6. The molecule has 0 unspecified atom stereocenters. The minimum absolute atomic E-state index is 0.0384. The molecule has 9 nitrogen and oxygen atoms in total. The van der Waals surface area contributed by atoms with Gasteiger partial charge in [0, 0.05) is 43.3 Å². The van der Waals surface area contributed by atoms with Crippen LogP contribution in [0.25, 0.3) is 16.7 Å². The van der Waals surface area contributed by atoms with Crippen LogP contribution in [0.4, 0.5) is 4.79 Å².